The molecule has 0 aliphatic carbocycles. The average molecular weight is 371 g/mol. The van der Waals surface area contributed by atoms with Crippen molar-refractivity contribution in [3.05, 3.63) is 27.3 Å². The van der Waals surface area contributed by atoms with Crippen molar-refractivity contribution in [1.82, 2.24) is 10.3 Å². The van der Waals surface area contributed by atoms with Crippen LogP contribution in [0.5, 0.6) is 0 Å². The first kappa shape index (κ1) is 17.2. The first-order chi connectivity index (χ1) is 11.7. The molecule has 0 atom stereocenters. The number of thiophene rings is 2. The van der Waals surface area contributed by atoms with Crippen molar-refractivity contribution in [3.63, 3.8) is 0 Å². The highest BCUT2D eigenvalue weighted by atomic mass is 32.1. The van der Waals surface area contributed by atoms with Gasteiger partial charge in [-0.1, -0.05) is 0 Å². The number of nitrogens with two attached hydrogens (primary N) is 2. The van der Waals surface area contributed by atoms with E-state index in [-0.39, 0.29) is 22.8 Å². The Labute approximate surface area is 153 Å². The van der Waals surface area contributed by atoms with Crippen molar-refractivity contribution in [1.29, 1.82) is 5.26 Å². The largest absolute Gasteiger partial charge is 0.397 e. The Morgan fingerprint density at radius 1 is 1.36 bits per heavy atom. The zero-order valence-electron chi connectivity index (χ0n) is 14.0. The van der Waals surface area contributed by atoms with Gasteiger partial charge < -0.3 is 16.8 Å². The number of fused-ring (bicyclic) bond motifs is 1. The summed E-state index contributed by atoms with van der Waals surface area (Å²) in [5.74, 6) is -0.124. The van der Waals surface area contributed by atoms with Crippen molar-refractivity contribution in [2.45, 2.75) is 26.3 Å². The van der Waals surface area contributed by atoms with Crippen LogP contribution in [0.4, 0.5) is 11.5 Å². The van der Waals surface area contributed by atoms with E-state index in [1.54, 1.807) is 0 Å². The lowest BCUT2D eigenvalue weighted by molar-refractivity contribution is 0.0924. The maximum absolute atomic E-state index is 12.6. The van der Waals surface area contributed by atoms with Crippen LogP contribution in [0.1, 0.15) is 36.0 Å². The van der Waals surface area contributed by atoms with Gasteiger partial charge in [0.05, 0.1) is 5.69 Å². The number of nitrogens with one attached hydrogen (secondary N) is 1. The molecule has 3 heterocycles. The summed E-state index contributed by atoms with van der Waals surface area (Å²) >= 11 is 2.69. The summed E-state index contributed by atoms with van der Waals surface area (Å²) in [5.41, 5.74) is 14.0. The fourth-order valence-corrected chi connectivity index (χ4v) is 4.20. The molecule has 0 aromatic carbocycles. The SMILES string of the molecule is CC(C)(C)NC(=O)c1sc2nc(N)c(C#N)c(-c3ccsc3)c2c1N. The summed E-state index contributed by atoms with van der Waals surface area (Å²) in [6.07, 6.45) is 0. The molecule has 3 rings (SSSR count). The predicted molar refractivity (Wildman–Crippen MR) is 104 cm³/mol. The number of amides is 1. The zero-order chi connectivity index (χ0) is 18.4. The lowest BCUT2D eigenvalue weighted by atomic mass is 9.99. The highest BCUT2D eigenvalue weighted by Crippen LogP contribution is 2.43. The highest BCUT2D eigenvalue weighted by molar-refractivity contribution is 7.21. The number of nitriles is 1. The van der Waals surface area contributed by atoms with Crippen LogP contribution in [0.25, 0.3) is 21.3 Å². The van der Waals surface area contributed by atoms with Crippen LogP contribution in [0, 0.1) is 11.3 Å². The molecule has 0 spiro atoms. The van der Waals surface area contributed by atoms with E-state index in [2.05, 4.69) is 16.4 Å². The molecule has 25 heavy (non-hydrogen) atoms. The summed E-state index contributed by atoms with van der Waals surface area (Å²) in [6, 6.07) is 4.01. The van der Waals surface area contributed by atoms with Crippen molar-refractivity contribution in [3.8, 4) is 17.2 Å². The molecule has 0 bridgehead atoms. The van der Waals surface area contributed by atoms with Gasteiger partial charge in [0.25, 0.3) is 5.91 Å². The van der Waals surface area contributed by atoms with E-state index in [0.29, 0.717) is 26.3 Å². The maximum atomic E-state index is 12.6. The second-order valence-corrected chi connectivity index (χ2v) is 8.38. The van der Waals surface area contributed by atoms with Crippen molar-refractivity contribution in [2.24, 2.45) is 0 Å². The van der Waals surface area contributed by atoms with E-state index in [4.69, 9.17) is 11.5 Å². The molecule has 0 aliphatic rings. The van der Waals surface area contributed by atoms with E-state index < -0.39 is 0 Å². The number of carbonyl (C=O) groups is 1. The fourth-order valence-electron chi connectivity index (χ4n) is 2.54. The summed E-state index contributed by atoms with van der Waals surface area (Å²) in [7, 11) is 0. The van der Waals surface area contributed by atoms with Crippen molar-refractivity contribution < 1.29 is 4.79 Å². The molecule has 0 aliphatic heterocycles. The molecule has 0 unspecified atom stereocenters. The summed E-state index contributed by atoms with van der Waals surface area (Å²) in [5, 5.41) is 16.9. The molecule has 5 N–H and O–H groups in total. The molecule has 3 aromatic rings. The summed E-state index contributed by atoms with van der Waals surface area (Å²) in [6.45, 7) is 5.69. The van der Waals surface area contributed by atoms with Crippen molar-refractivity contribution in [2.75, 3.05) is 11.5 Å². The van der Waals surface area contributed by atoms with Gasteiger partial charge in [0.15, 0.2) is 0 Å². The van der Waals surface area contributed by atoms with E-state index >= 15 is 0 Å². The van der Waals surface area contributed by atoms with E-state index in [1.807, 2.05) is 37.6 Å². The van der Waals surface area contributed by atoms with E-state index in [9.17, 15) is 10.1 Å². The Balaban J connectivity index is 2.31. The second kappa shape index (κ2) is 6.02. The number of nitrogen functional groups attached to an aromatic ring is 2. The molecule has 3 aromatic heterocycles. The van der Waals surface area contributed by atoms with Gasteiger partial charge in [-0.15, -0.1) is 11.3 Å². The molecule has 0 radical (unpaired) electrons. The molecule has 128 valence electrons. The smallest absolute Gasteiger partial charge is 0.263 e. The third kappa shape index (κ3) is 3.04. The van der Waals surface area contributed by atoms with Crippen LogP contribution < -0.4 is 16.8 Å². The van der Waals surface area contributed by atoms with Crippen LogP contribution in [0.3, 0.4) is 0 Å². The quantitative estimate of drug-likeness (QED) is 0.636. The zero-order valence-corrected chi connectivity index (χ0v) is 15.6. The third-order valence-corrected chi connectivity index (χ3v) is 5.30. The fraction of sp³-hybridized carbons (Fsp3) is 0.235. The molecule has 0 saturated carbocycles. The lowest BCUT2D eigenvalue weighted by Gasteiger charge is -2.20. The third-order valence-electron chi connectivity index (χ3n) is 3.52. The highest BCUT2D eigenvalue weighted by Gasteiger charge is 2.26. The van der Waals surface area contributed by atoms with Crippen LogP contribution >= 0.6 is 22.7 Å². The Morgan fingerprint density at radius 3 is 2.64 bits per heavy atom. The number of anilines is 2. The lowest BCUT2D eigenvalue weighted by Crippen LogP contribution is -2.40. The standard InChI is InChI=1S/C17H17N5OS2/c1-17(2,3)22-15(23)13-12(19)11-10(8-4-5-24-7-8)9(6-18)14(20)21-16(11)25-13/h4-5,7H,19H2,1-3H3,(H2,20,21)(H,22,23). The Bertz CT molecular complexity index is 1010. The molecular formula is C17H17N5OS2. The van der Waals surface area contributed by atoms with Crippen LogP contribution in [-0.4, -0.2) is 16.4 Å². The van der Waals surface area contributed by atoms with E-state index in [0.717, 1.165) is 5.56 Å². The first-order valence-electron chi connectivity index (χ1n) is 7.49. The van der Waals surface area contributed by atoms with Gasteiger partial charge in [0.2, 0.25) is 0 Å². The normalized spacial score (nSPS) is 11.4. The Kier molecular flexibility index (Phi) is 4.14. The van der Waals surface area contributed by atoms with Gasteiger partial charge in [0, 0.05) is 16.5 Å². The summed E-state index contributed by atoms with van der Waals surface area (Å²) < 4.78 is 0. The number of nitrogens with zero attached hydrogens (tertiary/aromatic N) is 2. The molecule has 6 nitrogen and oxygen atoms in total. The van der Waals surface area contributed by atoms with Crippen LogP contribution in [-0.2, 0) is 0 Å². The van der Waals surface area contributed by atoms with Gasteiger partial charge in [-0.2, -0.15) is 16.6 Å². The average Bonchev–Trinajstić information content (AvgIpc) is 3.13. The molecule has 0 saturated heterocycles. The topological polar surface area (TPSA) is 118 Å². The Morgan fingerprint density at radius 2 is 2.08 bits per heavy atom. The summed E-state index contributed by atoms with van der Waals surface area (Å²) in [4.78, 5) is 17.8. The number of carbonyl (C=O) groups excluding carboxylic acids is 1. The van der Waals surface area contributed by atoms with Gasteiger partial charge >= 0.3 is 0 Å². The maximum Gasteiger partial charge on any atom is 0.263 e. The predicted octanol–water partition coefficient (Wildman–Crippen LogP) is 3.59. The van der Waals surface area contributed by atoms with Gasteiger partial charge in [0.1, 0.15) is 27.2 Å². The monoisotopic (exact) mass is 371 g/mol. The minimum atomic E-state index is -0.389. The number of hydrogen-bond acceptors (Lipinski definition) is 7. The Hall–Kier alpha value is -2.63. The van der Waals surface area contributed by atoms with Gasteiger partial charge in [-0.25, -0.2) is 4.98 Å². The van der Waals surface area contributed by atoms with Gasteiger partial charge in [-0.3, -0.25) is 4.79 Å². The van der Waals surface area contributed by atoms with Crippen LogP contribution in [0.15, 0.2) is 16.8 Å². The minimum absolute atomic E-state index is 0.139. The molecular weight excluding hydrogens is 354 g/mol. The molecule has 1 amide bonds. The van der Waals surface area contributed by atoms with Crippen LogP contribution in [0.2, 0.25) is 0 Å². The molecule has 0 fully saturated rings. The second-order valence-electron chi connectivity index (χ2n) is 6.60. The number of pyridine rings is 1. The molecule has 8 heteroatoms. The minimum Gasteiger partial charge on any atom is -0.397 e. The number of rotatable bonds is 2. The number of hydrogen-bond donors (Lipinski definition) is 3. The number of aromatic nitrogens is 1. The van der Waals surface area contributed by atoms with Gasteiger partial charge in [-0.05, 0) is 43.2 Å². The van der Waals surface area contributed by atoms with Crippen molar-refractivity contribution >= 4 is 50.3 Å². The van der Waals surface area contributed by atoms with E-state index in [1.165, 1.54) is 22.7 Å². The first-order valence-corrected chi connectivity index (χ1v) is 9.25.